The number of hydrogen-bond donors (Lipinski definition) is 4. The second-order valence-electron chi connectivity index (χ2n) is 14.0. The van der Waals surface area contributed by atoms with Crippen LogP contribution in [-0.4, -0.2) is 64.7 Å². The Morgan fingerprint density at radius 3 is 1.80 bits per heavy atom. The van der Waals surface area contributed by atoms with E-state index in [2.05, 4.69) is 17.2 Å². The largest absolute Gasteiger partial charge is 0.481 e. The molecule has 1 aromatic rings. The Balaban J connectivity index is 1.94. The van der Waals surface area contributed by atoms with Crippen LogP contribution in [0.3, 0.4) is 0 Å². The summed E-state index contributed by atoms with van der Waals surface area (Å²) in [5, 5.41) is 25.8. The highest BCUT2D eigenvalue weighted by atomic mass is 16.6. The lowest BCUT2D eigenvalue weighted by atomic mass is 9.81. The highest BCUT2D eigenvalue weighted by Gasteiger charge is 2.62. The van der Waals surface area contributed by atoms with Gasteiger partial charge in [-0.1, -0.05) is 39.5 Å². The maximum atomic E-state index is 13.9. The molecule has 0 heterocycles. The summed E-state index contributed by atoms with van der Waals surface area (Å²) in [4.78, 5) is 77.0. The Labute approximate surface area is 262 Å². The van der Waals surface area contributed by atoms with Crippen LogP contribution in [-0.2, 0) is 38.9 Å². The Bertz CT molecular complexity index is 1370. The zero-order chi connectivity index (χ0) is 34.0. The summed E-state index contributed by atoms with van der Waals surface area (Å²) in [5.41, 5.74) is -0.271. The van der Waals surface area contributed by atoms with Gasteiger partial charge in [0.15, 0.2) is 0 Å². The predicted molar refractivity (Wildman–Crippen MR) is 163 cm³/mol. The Kier molecular flexibility index (Phi) is 10.5. The van der Waals surface area contributed by atoms with Crippen molar-refractivity contribution in [2.24, 2.45) is 35.5 Å². The van der Waals surface area contributed by atoms with Crippen molar-refractivity contribution < 1.29 is 48.5 Å². The minimum absolute atomic E-state index is 0.0672. The van der Waals surface area contributed by atoms with Gasteiger partial charge in [-0.3, -0.25) is 19.2 Å². The van der Waals surface area contributed by atoms with Crippen LogP contribution >= 0.6 is 0 Å². The molecule has 2 saturated carbocycles. The minimum atomic E-state index is -1.20. The van der Waals surface area contributed by atoms with Crippen molar-refractivity contribution in [1.29, 1.82) is 0 Å². The van der Waals surface area contributed by atoms with Crippen LogP contribution in [0.5, 0.6) is 0 Å². The van der Waals surface area contributed by atoms with Gasteiger partial charge in [-0.15, -0.1) is 0 Å². The van der Waals surface area contributed by atoms with Crippen LogP contribution in [0.2, 0.25) is 0 Å². The molecule has 0 aromatic heterocycles. The number of hydrogen-bond acceptors (Lipinski definition) is 8. The molecule has 1 aromatic carbocycles. The third kappa shape index (κ3) is 8.09. The number of carbonyl (C=O) groups is 6. The van der Waals surface area contributed by atoms with Crippen molar-refractivity contribution in [1.82, 2.24) is 5.32 Å². The Morgan fingerprint density at radius 2 is 1.33 bits per heavy atom. The maximum Gasteiger partial charge on any atom is 0.340 e. The fourth-order valence-electron chi connectivity index (χ4n) is 6.56. The van der Waals surface area contributed by atoms with Gasteiger partial charge in [-0.05, 0) is 69.4 Å². The third-order valence-corrected chi connectivity index (χ3v) is 8.36. The number of nitrogens with one attached hydrogen (secondary N) is 2. The topological polar surface area (TPSA) is 185 Å². The molecular formula is C33H44N2O10. The number of benzene rings is 1. The SMILES string of the molecule is C=C(C)C(=O)OCCOC(=O)c1c(NC(=O)C2CC(C(=O)O)C3C(C(=O)NC(C)(C)C)CC(C(=O)O)C23)cccc1C(C)(C)C. The summed E-state index contributed by atoms with van der Waals surface area (Å²) in [6, 6.07) is 4.88. The quantitative estimate of drug-likeness (QED) is 0.169. The van der Waals surface area contributed by atoms with Crippen molar-refractivity contribution in [3.8, 4) is 0 Å². The van der Waals surface area contributed by atoms with E-state index in [9.17, 15) is 39.0 Å². The average molecular weight is 629 g/mol. The van der Waals surface area contributed by atoms with Crippen LogP contribution in [0.15, 0.2) is 30.4 Å². The predicted octanol–water partition coefficient (Wildman–Crippen LogP) is 3.79. The normalized spacial score (nSPS) is 24.2. The van der Waals surface area contributed by atoms with Crippen molar-refractivity contribution >= 4 is 41.4 Å². The number of amides is 2. The number of carboxylic acids is 2. The molecule has 246 valence electrons. The van der Waals surface area contributed by atoms with E-state index in [1.165, 1.54) is 13.0 Å². The number of anilines is 1. The van der Waals surface area contributed by atoms with Crippen LogP contribution in [0, 0.1) is 35.5 Å². The van der Waals surface area contributed by atoms with Gasteiger partial charge in [-0.2, -0.15) is 0 Å². The van der Waals surface area contributed by atoms with Gasteiger partial charge >= 0.3 is 23.9 Å². The van der Waals surface area contributed by atoms with E-state index in [4.69, 9.17) is 9.47 Å². The lowest BCUT2D eigenvalue weighted by Gasteiger charge is -2.27. The van der Waals surface area contributed by atoms with Crippen molar-refractivity contribution in [2.75, 3.05) is 18.5 Å². The van der Waals surface area contributed by atoms with E-state index in [-0.39, 0.29) is 42.9 Å². The molecule has 4 N–H and O–H groups in total. The number of fused-ring (bicyclic) bond motifs is 1. The fourth-order valence-corrected chi connectivity index (χ4v) is 6.56. The molecule has 0 spiro atoms. The number of rotatable bonds is 10. The monoisotopic (exact) mass is 628 g/mol. The Morgan fingerprint density at radius 1 is 0.822 bits per heavy atom. The molecule has 2 aliphatic rings. The molecule has 12 heteroatoms. The molecule has 12 nitrogen and oxygen atoms in total. The summed E-state index contributed by atoms with van der Waals surface area (Å²) in [7, 11) is 0. The first-order valence-corrected chi connectivity index (χ1v) is 15.0. The molecule has 3 rings (SSSR count). The van der Waals surface area contributed by atoms with E-state index in [0.717, 1.165) is 0 Å². The minimum Gasteiger partial charge on any atom is -0.481 e. The summed E-state index contributed by atoms with van der Waals surface area (Å²) in [6.45, 7) is 15.4. The first-order chi connectivity index (χ1) is 20.7. The summed E-state index contributed by atoms with van der Waals surface area (Å²) in [6.07, 6.45) is -0.250. The fraction of sp³-hybridized carbons (Fsp3) is 0.576. The van der Waals surface area contributed by atoms with Crippen molar-refractivity contribution in [3.63, 3.8) is 0 Å². The van der Waals surface area contributed by atoms with Gasteiger partial charge in [0.05, 0.1) is 23.1 Å². The number of aliphatic carboxylic acids is 2. The van der Waals surface area contributed by atoms with E-state index in [1.54, 1.807) is 32.9 Å². The molecule has 2 fully saturated rings. The molecule has 0 bridgehead atoms. The smallest absolute Gasteiger partial charge is 0.340 e. The highest BCUT2D eigenvalue weighted by Crippen LogP contribution is 2.57. The van der Waals surface area contributed by atoms with Crippen LogP contribution in [0.1, 0.15) is 77.2 Å². The molecule has 0 saturated heterocycles. The molecule has 6 unspecified atom stereocenters. The lowest BCUT2D eigenvalue weighted by Crippen LogP contribution is -2.45. The highest BCUT2D eigenvalue weighted by molar-refractivity contribution is 6.04. The van der Waals surface area contributed by atoms with E-state index in [1.807, 2.05) is 20.8 Å². The van der Waals surface area contributed by atoms with E-state index in [0.29, 0.717) is 5.56 Å². The third-order valence-electron chi connectivity index (χ3n) is 8.36. The summed E-state index contributed by atoms with van der Waals surface area (Å²) in [5.74, 6) is -10.9. The summed E-state index contributed by atoms with van der Waals surface area (Å²) >= 11 is 0. The van der Waals surface area contributed by atoms with E-state index >= 15 is 0 Å². The zero-order valence-electron chi connectivity index (χ0n) is 26.9. The molecule has 0 radical (unpaired) electrons. The number of carbonyl (C=O) groups excluding carboxylic acids is 4. The molecule has 2 aliphatic carbocycles. The number of esters is 2. The van der Waals surface area contributed by atoms with E-state index < -0.39 is 82.2 Å². The van der Waals surface area contributed by atoms with Gasteiger partial charge < -0.3 is 30.3 Å². The second-order valence-corrected chi connectivity index (χ2v) is 14.0. The van der Waals surface area contributed by atoms with Gasteiger partial charge in [0.2, 0.25) is 11.8 Å². The molecular weight excluding hydrogens is 584 g/mol. The lowest BCUT2D eigenvalue weighted by molar-refractivity contribution is -0.146. The van der Waals surface area contributed by atoms with Crippen LogP contribution < -0.4 is 10.6 Å². The standard InChI is InChI=1S/C33H44N2O10/c1-16(2)30(42)44-12-13-45-31(43)25-21(32(3,4)5)10-9-11-22(25)34-26(36)17-14-19(28(38)39)24-18(27(37)35-33(6,7)8)15-20(23(17)24)29(40)41/h9-11,17-20,23-24H,1,12-15H2,2-8H3,(H,34,36)(H,35,37)(H,38,39)(H,40,41). The van der Waals surface area contributed by atoms with Gasteiger partial charge in [-0.25, -0.2) is 9.59 Å². The Hall–Kier alpha value is -4.22. The van der Waals surface area contributed by atoms with Crippen molar-refractivity contribution in [3.05, 3.63) is 41.5 Å². The van der Waals surface area contributed by atoms with Crippen LogP contribution in [0.4, 0.5) is 5.69 Å². The van der Waals surface area contributed by atoms with Crippen LogP contribution in [0.25, 0.3) is 0 Å². The number of ether oxygens (including phenoxy) is 2. The maximum absolute atomic E-state index is 13.9. The van der Waals surface area contributed by atoms with Gasteiger partial charge in [0, 0.05) is 22.9 Å². The average Bonchev–Trinajstić information content (AvgIpc) is 3.48. The molecule has 6 atom stereocenters. The van der Waals surface area contributed by atoms with Gasteiger partial charge in [0.1, 0.15) is 13.2 Å². The molecule has 2 amide bonds. The zero-order valence-corrected chi connectivity index (χ0v) is 26.9. The molecule has 45 heavy (non-hydrogen) atoms. The second kappa shape index (κ2) is 13.4. The number of carboxylic acid groups (broad SMARTS) is 2. The summed E-state index contributed by atoms with van der Waals surface area (Å²) < 4.78 is 10.4. The van der Waals surface area contributed by atoms with Gasteiger partial charge in [0.25, 0.3) is 0 Å². The first-order valence-electron chi connectivity index (χ1n) is 15.0. The van der Waals surface area contributed by atoms with Crippen molar-refractivity contribution in [2.45, 2.75) is 72.3 Å². The first kappa shape index (κ1) is 35.3. The molecule has 0 aliphatic heterocycles.